The Bertz CT molecular complexity index is 648. The molecule has 2 N–H and O–H groups in total. The van der Waals surface area contributed by atoms with Crippen LogP contribution >= 0.6 is 0 Å². The van der Waals surface area contributed by atoms with Gasteiger partial charge >= 0.3 is 0 Å². The van der Waals surface area contributed by atoms with Crippen molar-refractivity contribution in [2.45, 2.75) is 25.2 Å². The molecule has 0 saturated heterocycles. The Labute approximate surface area is 114 Å². The molecular weight excluding hydrogens is 286 g/mol. The van der Waals surface area contributed by atoms with E-state index in [1.807, 2.05) is 0 Å². The summed E-state index contributed by atoms with van der Waals surface area (Å²) < 4.78 is 46.9. The molecular formula is C12H19NO4S2. The van der Waals surface area contributed by atoms with Crippen LogP contribution in [0.4, 0.5) is 5.69 Å². The highest BCUT2D eigenvalue weighted by Crippen LogP contribution is 2.20. The van der Waals surface area contributed by atoms with Crippen molar-refractivity contribution < 1.29 is 16.8 Å². The van der Waals surface area contributed by atoms with Crippen molar-refractivity contribution in [2.75, 3.05) is 23.0 Å². The van der Waals surface area contributed by atoms with Gasteiger partial charge in [0.15, 0.2) is 9.84 Å². The van der Waals surface area contributed by atoms with Gasteiger partial charge in [-0.1, -0.05) is 13.0 Å². The molecule has 1 aromatic carbocycles. The Morgan fingerprint density at radius 2 is 1.74 bits per heavy atom. The molecule has 19 heavy (non-hydrogen) atoms. The molecule has 0 heterocycles. The van der Waals surface area contributed by atoms with Gasteiger partial charge in [0.2, 0.25) is 0 Å². The summed E-state index contributed by atoms with van der Waals surface area (Å²) in [7, 11) is -6.62. The van der Waals surface area contributed by atoms with Gasteiger partial charge < -0.3 is 5.73 Å². The molecule has 5 nitrogen and oxygen atoms in total. The number of sulfone groups is 2. The van der Waals surface area contributed by atoms with Crippen molar-refractivity contribution in [1.82, 2.24) is 0 Å². The largest absolute Gasteiger partial charge is 0.399 e. The Balaban J connectivity index is 2.85. The minimum Gasteiger partial charge on any atom is -0.399 e. The monoisotopic (exact) mass is 305 g/mol. The lowest BCUT2D eigenvalue weighted by Crippen LogP contribution is -2.15. The van der Waals surface area contributed by atoms with Crippen LogP contribution < -0.4 is 5.73 Å². The van der Waals surface area contributed by atoms with Crippen LogP contribution in [0.25, 0.3) is 0 Å². The van der Waals surface area contributed by atoms with E-state index in [1.165, 1.54) is 6.07 Å². The highest BCUT2D eigenvalue weighted by Gasteiger charge is 2.18. The Morgan fingerprint density at radius 3 is 2.32 bits per heavy atom. The molecule has 0 aliphatic carbocycles. The summed E-state index contributed by atoms with van der Waals surface area (Å²) in [6.07, 6.45) is 0.104. The molecule has 0 saturated carbocycles. The van der Waals surface area contributed by atoms with Crippen LogP contribution in [0.3, 0.4) is 0 Å². The van der Waals surface area contributed by atoms with Crippen molar-refractivity contribution in [1.29, 1.82) is 0 Å². The molecule has 7 heteroatoms. The maximum Gasteiger partial charge on any atom is 0.178 e. The zero-order chi connectivity index (χ0) is 14.7. The van der Waals surface area contributed by atoms with Crippen LogP contribution in [0.15, 0.2) is 23.1 Å². The molecule has 0 aromatic heterocycles. The van der Waals surface area contributed by atoms with Crippen LogP contribution in [0, 0.1) is 6.92 Å². The lowest BCUT2D eigenvalue weighted by Gasteiger charge is -2.08. The van der Waals surface area contributed by atoms with Gasteiger partial charge in [0.1, 0.15) is 9.84 Å². The molecule has 0 aliphatic rings. The van der Waals surface area contributed by atoms with Gasteiger partial charge in [-0.3, -0.25) is 0 Å². The number of nitrogen functional groups attached to an aromatic ring is 1. The average molecular weight is 305 g/mol. The van der Waals surface area contributed by atoms with Crippen molar-refractivity contribution in [3.63, 3.8) is 0 Å². The van der Waals surface area contributed by atoms with Crippen LogP contribution in [0.2, 0.25) is 0 Å². The molecule has 108 valence electrons. The van der Waals surface area contributed by atoms with Gasteiger partial charge in [-0.05, 0) is 31.0 Å². The second kappa shape index (κ2) is 5.92. The fourth-order valence-electron chi connectivity index (χ4n) is 1.67. The number of hydrogen-bond acceptors (Lipinski definition) is 5. The van der Waals surface area contributed by atoms with Crippen molar-refractivity contribution in [3.8, 4) is 0 Å². The minimum atomic E-state index is -3.49. The molecule has 1 aromatic rings. The quantitative estimate of drug-likeness (QED) is 0.796. The van der Waals surface area contributed by atoms with Gasteiger partial charge in [-0.2, -0.15) is 0 Å². The van der Waals surface area contributed by atoms with Crippen LogP contribution in [-0.4, -0.2) is 34.1 Å². The van der Waals surface area contributed by atoms with E-state index in [-0.39, 0.29) is 28.6 Å². The molecule has 0 unspecified atom stereocenters. The molecule has 0 aliphatic heterocycles. The lowest BCUT2D eigenvalue weighted by atomic mass is 10.2. The number of benzene rings is 1. The fourth-order valence-corrected chi connectivity index (χ4v) is 4.35. The average Bonchev–Trinajstić information content (AvgIpc) is 2.31. The van der Waals surface area contributed by atoms with Crippen LogP contribution in [0.5, 0.6) is 0 Å². The van der Waals surface area contributed by atoms with E-state index in [2.05, 4.69) is 0 Å². The summed E-state index contributed by atoms with van der Waals surface area (Å²) in [5.74, 6) is -0.259. The van der Waals surface area contributed by atoms with E-state index in [0.29, 0.717) is 11.3 Å². The summed E-state index contributed by atoms with van der Waals surface area (Å²) in [4.78, 5) is 0.182. The van der Waals surface area contributed by atoms with E-state index >= 15 is 0 Å². The molecule has 1 rings (SSSR count). The zero-order valence-electron chi connectivity index (χ0n) is 11.1. The zero-order valence-corrected chi connectivity index (χ0v) is 12.7. The first kappa shape index (κ1) is 16.0. The lowest BCUT2D eigenvalue weighted by molar-refractivity contribution is 0.590. The van der Waals surface area contributed by atoms with Gasteiger partial charge in [-0.25, -0.2) is 16.8 Å². The number of hydrogen-bond donors (Lipinski definition) is 1. The van der Waals surface area contributed by atoms with Gasteiger partial charge in [0.25, 0.3) is 0 Å². The van der Waals surface area contributed by atoms with Gasteiger partial charge in [0, 0.05) is 11.4 Å². The number of aryl methyl sites for hydroxylation is 1. The second-order valence-corrected chi connectivity index (χ2v) is 8.98. The Morgan fingerprint density at radius 1 is 1.11 bits per heavy atom. The Hall–Kier alpha value is -1.08. The molecule has 0 radical (unpaired) electrons. The maximum atomic E-state index is 12.1. The highest BCUT2D eigenvalue weighted by molar-refractivity contribution is 7.92. The molecule has 0 bridgehead atoms. The third kappa shape index (κ3) is 4.50. The molecule has 0 amide bonds. The van der Waals surface area contributed by atoms with Crippen molar-refractivity contribution in [2.24, 2.45) is 0 Å². The first-order valence-electron chi connectivity index (χ1n) is 5.97. The summed E-state index contributed by atoms with van der Waals surface area (Å²) in [5.41, 5.74) is 6.58. The first-order chi connectivity index (χ1) is 8.68. The first-order valence-corrected chi connectivity index (χ1v) is 9.44. The van der Waals surface area contributed by atoms with Gasteiger partial charge in [-0.15, -0.1) is 0 Å². The fraction of sp³-hybridized carbons (Fsp3) is 0.500. The third-order valence-electron chi connectivity index (χ3n) is 2.86. The summed E-state index contributed by atoms with van der Waals surface area (Å²) >= 11 is 0. The van der Waals surface area contributed by atoms with E-state index in [1.54, 1.807) is 26.0 Å². The van der Waals surface area contributed by atoms with Crippen LogP contribution in [0.1, 0.15) is 18.9 Å². The summed E-state index contributed by atoms with van der Waals surface area (Å²) in [6.45, 7) is 3.24. The normalized spacial score (nSPS) is 12.5. The number of anilines is 1. The van der Waals surface area contributed by atoms with Crippen molar-refractivity contribution >= 4 is 25.4 Å². The van der Waals surface area contributed by atoms with Crippen LogP contribution in [-0.2, 0) is 19.7 Å². The molecule has 0 spiro atoms. The standard InChI is InChI=1S/C12H19NO4S2/c1-3-18(14,15)7-4-8-19(16,17)12-9-11(13)6-5-10(12)2/h5-6,9H,3-4,7-8,13H2,1-2H3. The second-order valence-electron chi connectivity index (χ2n) is 4.43. The van der Waals surface area contributed by atoms with E-state index in [0.717, 1.165) is 0 Å². The van der Waals surface area contributed by atoms with E-state index < -0.39 is 19.7 Å². The SMILES string of the molecule is CCS(=O)(=O)CCCS(=O)(=O)c1cc(N)ccc1C. The minimum absolute atomic E-state index is 0.0321. The van der Waals surface area contributed by atoms with E-state index in [9.17, 15) is 16.8 Å². The number of rotatable bonds is 6. The molecule has 0 atom stereocenters. The highest BCUT2D eigenvalue weighted by atomic mass is 32.2. The van der Waals surface area contributed by atoms with Gasteiger partial charge in [0.05, 0.1) is 16.4 Å². The molecule has 0 fully saturated rings. The Kier molecular flexibility index (Phi) is 4.98. The van der Waals surface area contributed by atoms with E-state index in [4.69, 9.17) is 5.73 Å². The predicted molar refractivity (Wildman–Crippen MR) is 76.6 cm³/mol. The summed E-state index contributed by atoms with van der Waals surface area (Å²) in [6, 6.07) is 4.69. The summed E-state index contributed by atoms with van der Waals surface area (Å²) in [5, 5.41) is 0. The van der Waals surface area contributed by atoms with Crippen molar-refractivity contribution in [3.05, 3.63) is 23.8 Å². The smallest absolute Gasteiger partial charge is 0.178 e. The topological polar surface area (TPSA) is 94.3 Å². The number of nitrogens with two attached hydrogens (primary N) is 1. The maximum absolute atomic E-state index is 12.1. The third-order valence-corrected chi connectivity index (χ3v) is 6.58. The predicted octanol–water partition coefficient (Wildman–Crippen LogP) is 1.18.